The van der Waals surface area contributed by atoms with Crippen LogP contribution in [-0.2, 0) is 0 Å². The van der Waals surface area contributed by atoms with Gasteiger partial charge in [0.2, 0.25) is 0 Å². The second kappa shape index (κ2) is 4.65. The van der Waals surface area contributed by atoms with E-state index >= 15 is 0 Å². The second-order valence-corrected chi connectivity index (χ2v) is 10.8. The molecular formula is C15H20N2Si. The molecule has 0 N–H and O–H groups in total. The highest BCUT2D eigenvalue weighted by atomic mass is 28.3. The van der Waals surface area contributed by atoms with Gasteiger partial charge in [-0.15, -0.1) is 0 Å². The van der Waals surface area contributed by atoms with E-state index in [1.165, 1.54) is 5.19 Å². The zero-order valence-corrected chi connectivity index (χ0v) is 12.8. The van der Waals surface area contributed by atoms with E-state index in [0.29, 0.717) is 0 Å². The van der Waals surface area contributed by atoms with Gasteiger partial charge in [0.15, 0.2) is 0 Å². The fourth-order valence-corrected chi connectivity index (χ4v) is 2.99. The van der Waals surface area contributed by atoms with Crippen LogP contribution in [0.5, 0.6) is 0 Å². The van der Waals surface area contributed by atoms with Crippen molar-refractivity contribution in [2.24, 2.45) is 0 Å². The minimum atomic E-state index is -1.26. The first-order chi connectivity index (χ1) is 8.38. The van der Waals surface area contributed by atoms with Gasteiger partial charge in [-0.05, 0) is 37.2 Å². The Morgan fingerprint density at radius 2 is 1.67 bits per heavy atom. The molecule has 0 fully saturated rings. The maximum Gasteiger partial charge on any atom is 0.0796 e. The van der Waals surface area contributed by atoms with E-state index in [2.05, 4.69) is 47.8 Å². The number of aryl methyl sites for hydroxylation is 2. The molecule has 3 heteroatoms. The largest absolute Gasteiger partial charge is 0.258 e. The van der Waals surface area contributed by atoms with E-state index in [9.17, 15) is 0 Å². The minimum absolute atomic E-state index is 1.02. The average Bonchev–Trinajstić information content (AvgIpc) is 2.28. The number of hydrogen-bond donors (Lipinski definition) is 0. The van der Waals surface area contributed by atoms with E-state index in [-0.39, 0.29) is 0 Å². The molecule has 0 aliphatic carbocycles. The Morgan fingerprint density at radius 1 is 0.944 bits per heavy atom. The van der Waals surface area contributed by atoms with Crippen molar-refractivity contribution in [1.82, 2.24) is 9.97 Å². The molecule has 2 heterocycles. The molecule has 0 radical (unpaired) electrons. The minimum Gasteiger partial charge on any atom is -0.258 e. The number of aromatic nitrogens is 2. The molecule has 0 aliphatic heterocycles. The Bertz CT molecular complexity index is 554. The lowest BCUT2D eigenvalue weighted by Crippen LogP contribution is -2.37. The van der Waals surface area contributed by atoms with Crippen molar-refractivity contribution < 1.29 is 0 Å². The quantitative estimate of drug-likeness (QED) is 0.770. The third kappa shape index (κ3) is 2.67. The van der Waals surface area contributed by atoms with Gasteiger partial charge in [0.05, 0.1) is 13.8 Å². The number of hydrogen-bond acceptors (Lipinski definition) is 2. The topological polar surface area (TPSA) is 25.8 Å². The SMILES string of the molecule is Cc1ccc(-c2ccc([Si](C)(C)C)cn2)c(C)n1. The zero-order chi connectivity index (χ0) is 13.3. The highest BCUT2D eigenvalue weighted by Gasteiger charge is 2.16. The summed E-state index contributed by atoms with van der Waals surface area (Å²) in [5, 5.41) is 1.39. The van der Waals surface area contributed by atoms with E-state index in [4.69, 9.17) is 0 Å². The Balaban J connectivity index is 2.41. The summed E-state index contributed by atoms with van der Waals surface area (Å²) in [7, 11) is -1.26. The first-order valence-corrected chi connectivity index (χ1v) is 9.79. The van der Waals surface area contributed by atoms with Gasteiger partial charge in [-0.3, -0.25) is 9.97 Å². The number of pyridine rings is 2. The maximum absolute atomic E-state index is 4.60. The number of rotatable bonds is 2. The van der Waals surface area contributed by atoms with Crippen LogP contribution in [-0.4, -0.2) is 18.0 Å². The Labute approximate surface area is 110 Å². The van der Waals surface area contributed by atoms with Crippen molar-refractivity contribution in [1.29, 1.82) is 0 Å². The highest BCUT2D eigenvalue weighted by Crippen LogP contribution is 2.19. The normalized spacial score (nSPS) is 11.6. The van der Waals surface area contributed by atoms with E-state index in [1.807, 2.05) is 26.1 Å². The third-order valence-corrected chi connectivity index (χ3v) is 5.16. The zero-order valence-electron chi connectivity index (χ0n) is 11.8. The summed E-state index contributed by atoms with van der Waals surface area (Å²) >= 11 is 0. The van der Waals surface area contributed by atoms with Crippen LogP contribution >= 0.6 is 0 Å². The molecule has 18 heavy (non-hydrogen) atoms. The molecule has 0 saturated heterocycles. The molecule has 0 unspecified atom stereocenters. The van der Waals surface area contributed by atoms with Crippen LogP contribution in [0.4, 0.5) is 0 Å². The van der Waals surface area contributed by atoms with Crippen LogP contribution in [0.2, 0.25) is 19.6 Å². The molecule has 0 bridgehead atoms. The van der Waals surface area contributed by atoms with Crippen LogP contribution < -0.4 is 5.19 Å². The summed E-state index contributed by atoms with van der Waals surface area (Å²) in [4.78, 5) is 9.09. The van der Waals surface area contributed by atoms with Crippen molar-refractivity contribution >= 4 is 13.3 Å². The van der Waals surface area contributed by atoms with Gasteiger partial charge in [-0.25, -0.2) is 0 Å². The predicted octanol–water partition coefficient (Wildman–Crippen LogP) is 3.31. The van der Waals surface area contributed by atoms with Crippen LogP contribution in [0.1, 0.15) is 11.4 Å². The molecule has 0 aromatic carbocycles. The highest BCUT2D eigenvalue weighted by molar-refractivity contribution is 6.88. The second-order valence-electron chi connectivity index (χ2n) is 5.77. The monoisotopic (exact) mass is 256 g/mol. The fraction of sp³-hybridized carbons (Fsp3) is 0.333. The summed E-state index contributed by atoms with van der Waals surface area (Å²) in [5.41, 5.74) is 4.24. The lowest BCUT2D eigenvalue weighted by molar-refractivity contribution is 1.12. The van der Waals surface area contributed by atoms with Gasteiger partial charge < -0.3 is 0 Å². The Morgan fingerprint density at radius 3 is 2.17 bits per heavy atom. The van der Waals surface area contributed by atoms with Crippen LogP contribution in [0.25, 0.3) is 11.3 Å². The Hall–Kier alpha value is -1.48. The van der Waals surface area contributed by atoms with E-state index in [0.717, 1.165) is 22.6 Å². The summed E-state index contributed by atoms with van der Waals surface area (Å²) in [6.45, 7) is 11.1. The van der Waals surface area contributed by atoms with Crippen LogP contribution in [0.15, 0.2) is 30.5 Å². The predicted molar refractivity (Wildman–Crippen MR) is 79.9 cm³/mol. The van der Waals surface area contributed by atoms with Gasteiger partial charge >= 0.3 is 0 Å². The van der Waals surface area contributed by atoms with Crippen molar-refractivity contribution in [3.63, 3.8) is 0 Å². The molecule has 0 amide bonds. The molecule has 0 spiro atoms. The molecule has 2 aromatic heterocycles. The van der Waals surface area contributed by atoms with Crippen LogP contribution in [0, 0.1) is 13.8 Å². The summed E-state index contributed by atoms with van der Waals surface area (Å²) in [6, 6.07) is 8.48. The summed E-state index contributed by atoms with van der Waals surface area (Å²) in [5.74, 6) is 0. The van der Waals surface area contributed by atoms with Gasteiger partial charge in [-0.2, -0.15) is 0 Å². The van der Waals surface area contributed by atoms with Crippen molar-refractivity contribution in [3.8, 4) is 11.3 Å². The first-order valence-electron chi connectivity index (χ1n) is 6.29. The maximum atomic E-state index is 4.60. The van der Waals surface area contributed by atoms with Crippen LogP contribution in [0.3, 0.4) is 0 Å². The van der Waals surface area contributed by atoms with Gasteiger partial charge in [0.25, 0.3) is 0 Å². The standard InChI is InChI=1S/C15H20N2Si/c1-11-6-8-14(12(2)17-11)15-9-7-13(10-16-15)18(3,4)5/h6-10H,1-5H3. The van der Waals surface area contributed by atoms with Gasteiger partial charge in [0, 0.05) is 23.1 Å². The van der Waals surface area contributed by atoms with E-state index in [1.54, 1.807) is 0 Å². The average molecular weight is 256 g/mol. The lowest BCUT2D eigenvalue weighted by atomic mass is 10.1. The van der Waals surface area contributed by atoms with Crippen molar-refractivity contribution in [3.05, 3.63) is 41.9 Å². The Kier molecular flexibility index (Phi) is 3.35. The van der Waals surface area contributed by atoms with Gasteiger partial charge in [0.1, 0.15) is 0 Å². The van der Waals surface area contributed by atoms with Gasteiger partial charge in [-0.1, -0.05) is 25.7 Å². The molecule has 0 atom stereocenters. The van der Waals surface area contributed by atoms with Crippen molar-refractivity contribution in [2.45, 2.75) is 33.5 Å². The smallest absolute Gasteiger partial charge is 0.0796 e. The molecule has 0 aliphatic rings. The summed E-state index contributed by atoms with van der Waals surface area (Å²) in [6.07, 6.45) is 2.03. The van der Waals surface area contributed by atoms with Crippen molar-refractivity contribution in [2.75, 3.05) is 0 Å². The molecule has 0 saturated carbocycles. The van der Waals surface area contributed by atoms with E-state index < -0.39 is 8.07 Å². The molecule has 2 rings (SSSR count). The molecule has 2 nitrogen and oxygen atoms in total. The molecular weight excluding hydrogens is 236 g/mol. The first kappa shape index (κ1) is 13.0. The lowest BCUT2D eigenvalue weighted by Gasteiger charge is -2.16. The molecule has 94 valence electrons. The molecule has 2 aromatic rings. The number of nitrogens with zero attached hydrogens (tertiary/aromatic N) is 2. The summed E-state index contributed by atoms with van der Waals surface area (Å²) < 4.78 is 0. The fourth-order valence-electron chi connectivity index (χ4n) is 1.95. The third-order valence-electron chi connectivity index (χ3n) is 3.13.